The van der Waals surface area contributed by atoms with Crippen LogP contribution in [-0.2, 0) is 25.4 Å². The zero-order chi connectivity index (χ0) is 89.0. The van der Waals surface area contributed by atoms with Gasteiger partial charge >= 0.3 is 36.4 Å². The predicted molar refractivity (Wildman–Crippen MR) is 473 cm³/mol. The highest BCUT2D eigenvalue weighted by molar-refractivity contribution is 7.24. The second-order valence-electron chi connectivity index (χ2n) is 27.3. The summed E-state index contributed by atoms with van der Waals surface area (Å²) in [6.45, 7) is 3.44. The summed E-state index contributed by atoms with van der Waals surface area (Å²) in [6.07, 6.45) is -0.0429. The normalized spacial score (nSPS) is 11.6. The molecule has 16 rings (SSSR count). The van der Waals surface area contributed by atoms with E-state index in [0.29, 0.717) is 83.4 Å². The first-order valence-electron chi connectivity index (χ1n) is 37.1. The van der Waals surface area contributed by atoms with Crippen LogP contribution in [0.25, 0.3) is 106 Å². The van der Waals surface area contributed by atoms with Crippen molar-refractivity contribution in [1.29, 1.82) is 0 Å². The van der Waals surface area contributed by atoms with Crippen LogP contribution in [0.15, 0.2) is 285 Å². The lowest BCUT2D eigenvalue weighted by molar-refractivity contribution is -0.274. The third-order valence-corrected chi connectivity index (χ3v) is 23.0. The number of carbonyl (C=O) groups is 4. The minimum atomic E-state index is -4.78. The van der Waals surface area contributed by atoms with Gasteiger partial charge in [0.25, 0.3) is 0 Å². The lowest BCUT2D eigenvalue weighted by Gasteiger charge is -2.11. The summed E-state index contributed by atoms with van der Waals surface area (Å²) in [4.78, 5) is 46.1. The highest BCUT2D eigenvalue weighted by atomic mass is 32.1. The maximum absolute atomic E-state index is 12.9. The Labute approximate surface area is 722 Å². The van der Waals surface area contributed by atoms with E-state index < -0.39 is 42.0 Å². The van der Waals surface area contributed by atoms with Gasteiger partial charge in [-0.15, -0.1) is 58.5 Å². The first-order chi connectivity index (χ1) is 59.7. The Morgan fingerprint density at radius 2 is 0.616 bits per heavy atom. The smallest absolute Gasteiger partial charge is 0.508 e. The predicted octanol–water partition coefficient (Wildman–Crippen LogP) is 26.7. The highest BCUT2D eigenvalue weighted by Gasteiger charge is 2.32. The fraction of sp³-hybridized carbons (Fsp3) is 0.0417. The third-order valence-electron chi connectivity index (χ3n) is 18.3. The van der Waals surface area contributed by atoms with Gasteiger partial charge < -0.3 is 74.7 Å². The van der Waals surface area contributed by atoms with Crippen molar-refractivity contribution in [2.75, 3.05) is 0 Å². The number of rotatable bonds is 21. The van der Waals surface area contributed by atoms with Crippen LogP contribution in [0.3, 0.4) is 0 Å². The summed E-state index contributed by atoms with van der Waals surface area (Å²) in [5.41, 5.74) is 6.18. The summed E-state index contributed by atoms with van der Waals surface area (Å²) in [7, 11) is 0. The van der Waals surface area contributed by atoms with Crippen LogP contribution in [0.1, 0.15) is 40.3 Å². The monoisotopic (exact) mass is 1760 g/mol. The molecule has 0 bridgehead atoms. The van der Waals surface area contributed by atoms with Gasteiger partial charge in [-0.05, 0) is 294 Å². The van der Waals surface area contributed by atoms with E-state index in [0.717, 1.165) is 103 Å². The molecule has 4 aromatic heterocycles. The number of carboxylic acids is 4. The molecule has 0 aliphatic rings. The largest absolute Gasteiger partial charge is 0.573 e. The molecule has 0 atom stereocenters. The first kappa shape index (κ1) is 87.5. The zero-order valence-electron chi connectivity index (χ0n) is 64.9. The van der Waals surface area contributed by atoms with Gasteiger partial charge in [-0.25, -0.2) is 19.2 Å². The molecule has 4 heterocycles. The molecule has 0 saturated heterocycles. The number of ether oxygens (including phenoxy) is 5. The van der Waals surface area contributed by atoms with Crippen molar-refractivity contribution in [2.45, 2.75) is 26.4 Å². The minimum absolute atomic E-state index is 0.0684. The maximum Gasteiger partial charge on any atom is 0.573 e. The number of phenolic OH excluding ortho intramolecular Hbond substituents is 6. The van der Waals surface area contributed by atoms with Crippen LogP contribution < -0.4 is 23.7 Å². The number of aromatic hydroxyl groups is 6. The molecule has 0 unspecified atom stereocenters. The first-order valence-corrected chi connectivity index (χ1v) is 40.4. The summed E-state index contributed by atoms with van der Waals surface area (Å²) >= 11 is 5.60. The standard InChI is InChI=1S/C24H15F3O5S.C24H15F3O4S.2C24H18O5S/c25-24(26,27)32-18-9-4-15(5-10-18)23-22(19-11-6-16(28)13-20(19)33-23)31-17-7-1-14(2-8-17)3-12-21(29)30;25-24(26,27)16-6-4-15(5-7-16)23-22(19-11-8-17(28)13-20(19)32-23)31-18-9-1-14(2-10-18)3-12-21(29)30;1-14-12-15(3-11-22(27)28)2-10-20(14)29-23-19-9-8-18(26)13-21(19)30-24(23)16-4-6-17(25)7-5-16;1-14(24(27)28)12-15-2-9-19(10-3-15)29-22-20-11-8-18(26)13-21(20)30-23(22)16-4-6-17(25)7-5-16/h1-13,28H,(H,29,30);1-13,28H,(H,29,30);2*2-13,25-26H,1H3,(H,27,28)/b2*12-3+;11-3+;14-12+. The quantitative estimate of drug-likeness (QED) is 0.0236. The number of alkyl halides is 6. The second kappa shape index (κ2) is 38.2. The molecule has 0 saturated carbocycles. The Morgan fingerprint density at radius 1 is 0.328 bits per heavy atom. The Morgan fingerprint density at radius 3 is 0.928 bits per heavy atom. The second-order valence-corrected chi connectivity index (χ2v) is 31.5. The fourth-order valence-electron chi connectivity index (χ4n) is 12.4. The van der Waals surface area contributed by atoms with Crippen LogP contribution in [-0.4, -0.2) is 81.3 Å². The van der Waals surface area contributed by atoms with Crippen molar-refractivity contribution < 1.29 is 120 Å². The van der Waals surface area contributed by atoms with E-state index in [4.69, 9.17) is 39.4 Å². The van der Waals surface area contributed by atoms with Gasteiger partial charge in [0.15, 0.2) is 23.0 Å². The zero-order valence-corrected chi connectivity index (χ0v) is 68.2. The molecule has 0 aliphatic carbocycles. The van der Waals surface area contributed by atoms with Crippen LogP contribution >= 0.6 is 45.3 Å². The van der Waals surface area contributed by atoms with Crippen LogP contribution in [0, 0.1) is 6.92 Å². The van der Waals surface area contributed by atoms with Crippen LogP contribution in [0.4, 0.5) is 26.3 Å². The molecule has 0 aliphatic heterocycles. The molecule has 10 N–H and O–H groups in total. The molecule has 125 heavy (non-hydrogen) atoms. The SMILES string of the molecule is C/C(=C\c1ccc(Oc2c(-c3ccc(O)cc3)sc3cc(O)ccc23)cc1)C(=O)O.Cc1cc(/C=C/C(=O)O)ccc1Oc1c(-c2ccc(O)cc2)sc2cc(O)ccc12.O=C(O)/C=C/c1ccc(Oc2c(-c3ccc(C(F)(F)F)cc3)sc3cc(O)ccc23)cc1.O=C(O)/C=C/c1ccc(Oc2c(-c3ccc(OC(F)(F)F)cc3)sc3cc(O)ccc23)cc1. The van der Waals surface area contributed by atoms with Crippen LogP contribution in [0.5, 0.6) is 86.2 Å². The Kier molecular flexibility index (Phi) is 26.7. The topological polar surface area (TPSA) is 317 Å². The van der Waals surface area contributed by atoms with Gasteiger partial charge in [0.05, 0.1) is 25.1 Å². The number of benzene rings is 12. The minimum Gasteiger partial charge on any atom is -0.508 e. The van der Waals surface area contributed by atoms with E-state index in [-0.39, 0.29) is 45.8 Å². The molecule has 12 aromatic carbocycles. The summed E-state index contributed by atoms with van der Waals surface area (Å²) in [6, 6.07) is 69.9. The molecule has 0 spiro atoms. The number of hydrogen-bond acceptors (Lipinski definition) is 19. The van der Waals surface area contributed by atoms with Gasteiger partial charge in [0, 0.05) is 64.1 Å². The van der Waals surface area contributed by atoms with Crippen molar-refractivity contribution in [3.63, 3.8) is 0 Å². The van der Waals surface area contributed by atoms with Gasteiger partial charge in [0.1, 0.15) is 63.2 Å². The Bertz CT molecular complexity index is 6790. The number of fused-ring (bicyclic) bond motifs is 4. The van der Waals surface area contributed by atoms with E-state index in [1.54, 1.807) is 171 Å². The van der Waals surface area contributed by atoms with Crippen molar-refractivity contribution in [3.05, 3.63) is 318 Å². The van der Waals surface area contributed by atoms with Crippen molar-refractivity contribution in [2.24, 2.45) is 0 Å². The van der Waals surface area contributed by atoms with E-state index in [1.165, 1.54) is 112 Å². The summed E-state index contributed by atoms with van der Waals surface area (Å²) < 4.78 is 108. The Balaban J connectivity index is 0.000000143. The molecule has 19 nitrogen and oxygen atoms in total. The van der Waals surface area contributed by atoms with Crippen molar-refractivity contribution in [1.82, 2.24) is 0 Å². The van der Waals surface area contributed by atoms with Crippen molar-refractivity contribution >= 4 is 134 Å². The number of aliphatic carboxylic acids is 4. The van der Waals surface area contributed by atoms with Gasteiger partial charge in [-0.3, -0.25) is 0 Å². The number of thiophene rings is 4. The molecule has 630 valence electrons. The van der Waals surface area contributed by atoms with E-state index >= 15 is 0 Å². The molecule has 0 fully saturated rings. The number of aryl methyl sites for hydroxylation is 1. The lowest BCUT2D eigenvalue weighted by atomic mass is 10.1. The van der Waals surface area contributed by atoms with Crippen LogP contribution in [0.2, 0.25) is 0 Å². The lowest BCUT2D eigenvalue weighted by Crippen LogP contribution is -2.16. The van der Waals surface area contributed by atoms with E-state index in [1.807, 2.05) is 49.4 Å². The summed E-state index contributed by atoms with van der Waals surface area (Å²) in [5.74, 6) is 0.921. The van der Waals surface area contributed by atoms with Crippen molar-refractivity contribution in [3.8, 4) is 128 Å². The number of hydrogen-bond donors (Lipinski definition) is 10. The van der Waals surface area contributed by atoms with E-state index in [2.05, 4.69) is 4.74 Å². The van der Waals surface area contributed by atoms with Gasteiger partial charge in [0.2, 0.25) is 0 Å². The molecular formula is C96H66F6O19S4. The van der Waals surface area contributed by atoms with Gasteiger partial charge in [-0.1, -0.05) is 54.6 Å². The highest BCUT2D eigenvalue weighted by Crippen LogP contribution is 2.53. The molecule has 29 heteroatoms. The third kappa shape index (κ3) is 22.7. The fourth-order valence-corrected chi connectivity index (χ4v) is 17.0. The molecular weight excluding hydrogens is 1700 g/mol. The summed E-state index contributed by atoms with van der Waals surface area (Å²) in [5, 5.41) is 97.1. The average Bonchev–Trinajstić information content (AvgIpc) is 1.65. The number of phenols is 6. The average molecular weight is 1770 g/mol. The maximum atomic E-state index is 12.9. The molecule has 0 amide bonds. The number of halogens is 6. The van der Waals surface area contributed by atoms with Gasteiger partial charge in [-0.2, -0.15) is 13.2 Å². The Hall–Kier alpha value is -15.3. The number of carboxylic acid groups (broad SMARTS) is 4. The van der Waals surface area contributed by atoms with E-state index in [9.17, 15) is 76.2 Å². The molecule has 0 radical (unpaired) electrons. The molecule has 16 aromatic rings.